The van der Waals surface area contributed by atoms with Gasteiger partial charge in [0.2, 0.25) is 0 Å². The molecule has 0 aliphatic heterocycles. The molecule has 0 saturated carbocycles. The van der Waals surface area contributed by atoms with Gasteiger partial charge in [0.25, 0.3) is 12.3 Å². The molecular formula is C12H10F5NO3. The summed E-state index contributed by atoms with van der Waals surface area (Å²) in [5.41, 5.74) is -0.841. The van der Waals surface area contributed by atoms with Crippen LogP contribution in [0.1, 0.15) is 28.8 Å². The minimum absolute atomic E-state index is 0.346. The quantitative estimate of drug-likeness (QED) is 0.822. The Morgan fingerprint density at radius 3 is 2.33 bits per heavy atom. The number of carbonyl (C=O) groups is 2. The van der Waals surface area contributed by atoms with E-state index in [1.165, 1.54) is 0 Å². The van der Waals surface area contributed by atoms with E-state index in [2.05, 4.69) is 0 Å². The van der Waals surface area contributed by atoms with Gasteiger partial charge in [0.15, 0.2) is 0 Å². The zero-order valence-electron chi connectivity index (χ0n) is 10.3. The third kappa shape index (κ3) is 5.36. The molecule has 0 spiro atoms. The second-order valence-corrected chi connectivity index (χ2v) is 4.11. The maximum Gasteiger partial charge on any atom is 0.391 e. The Hall–Kier alpha value is -2.19. The van der Waals surface area contributed by atoms with Gasteiger partial charge in [-0.2, -0.15) is 13.2 Å². The molecule has 0 radical (unpaired) electrons. The third-order valence-electron chi connectivity index (χ3n) is 2.44. The Morgan fingerprint density at radius 1 is 1.24 bits per heavy atom. The maximum absolute atomic E-state index is 12.4. The Balaban J connectivity index is 2.87. The molecule has 9 heteroatoms. The molecule has 0 aliphatic rings. The highest BCUT2D eigenvalue weighted by atomic mass is 19.4. The summed E-state index contributed by atoms with van der Waals surface area (Å²) in [5.74, 6) is -3.04. The van der Waals surface area contributed by atoms with Crippen LogP contribution in [0.5, 0.6) is 0 Å². The molecule has 4 nitrogen and oxygen atoms in total. The lowest BCUT2D eigenvalue weighted by atomic mass is 10.1. The second-order valence-electron chi connectivity index (χ2n) is 4.11. The summed E-state index contributed by atoms with van der Waals surface area (Å²) in [4.78, 5) is 22.3. The van der Waals surface area contributed by atoms with E-state index in [0.717, 1.165) is 24.3 Å². The summed E-state index contributed by atoms with van der Waals surface area (Å²) in [6.45, 7) is 0. The van der Waals surface area contributed by atoms with Gasteiger partial charge in [-0.05, 0) is 12.1 Å². The molecule has 1 aromatic rings. The van der Waals surface area contributed by atoms with Crippen LogP contribution in [0.4, 0.5) is 22.0 Å². The standard InChI is InChI=1S/C12H10F5NO3/c13-9(14)6-2-1-3-7(4-6)10(19)18-8(11(20)21)5-12(15,16)17/h1-4,8-9H,5H2,(H,18,19)(H,20,21). The fourth-order valence-electron chi connectivity index (χ4n) is 1.49. The van der Waals surface area contributed by atoms with E-state index in [4.69, 9.17) is 5.11 Å². The van der Waals surface area contributed by atoms with Crippen LogP contribution in [0, 0.1) is 0 Å². The molecule has 0 fully saturated rings. The number of aliphatic carboxylic acids is 1. The first-order valence-corrected chi connectivity index (χ1v) is 5.58. The van der Waals surface area contributed by atoms with Gasteiger partial charge in [-0.25, -0.2) is 13.6 Å². The minimum Gasteiger partial charge on any atom is -0.480 e. The van der Waals surface area contributed by atoms with Gasteiger partial charge in [-0.1, -0.05) is 12.1 Å². The van der Waals surface area contributed by atoms with Crippen LogP contribution in [-0.4, -0.2) is 29.2 Å². The molecule has 1 amide bonds. The molecule has 0 bridgehead atoms. The molecule has 1 aromatic carbocycles. The number of hydrogen-bond acceptors (Lipinski definition) is 2. The van der Waals surface area contributed by atoms with Crippen LogP contribution >= 0.6 is 0 Å². The SMILES string of the molecule is O=C(NC(CC(F)(F)F)C(=O)O)c1cccc(C(F)F)c1. The largest absolute Gasteiger partial charge is 0.480 e. The average Bonchev–Trinajstić information content (AvgIpc) is 2.36. The summed E-state index contributed by atoms with van der Waals surface area (Å²) in [6, 6.07) is 1.84. The van der Waals surface area contributed by atoms with Crippen molar-refractivity contribution in [3.63, 3.8) is 0 Å². The molecular weight excluding hydrogens is 301 g/mol. The van der Waals surface area contributed by atoms with Crippen molar-refractivity contribution in [3.05, 3.63) is 35.4 Å². The lowest BCUT2D eigenvalue weighted by Gasteiger charge is -2.16. The van der Waals surface area contributed by atoms with Gasteiger partial charge < -0.3 is 10.4 Å². The first-order chi connectivity index (χ1) is 9.60. The number of amides is 1. The van der Waals surface area contributed by atoms with Crippen LogP contribution < -0.4 is 5.32 Å². The Kier molecular flexibility index (Phi) is 5.23. The van der Waals surface area contributed by atoms with E-state index in [-0.39, 0.29) is 5.56 Å². The van der Waals surface area contributed by atoms with Crippen molar-refractivity contribution in [1.29, 1.82) is 0 Å². The summed E-state index contributed by atoms with van der Waals surface area (Å²) >= 11 is 0. The van der Waals surface area contributed by atoms with Gasteiger partial charge in [0.1, 0.15) is 6.04 Å². The van der Waals surface area contributed by atoms with Crippen LogP contribution in [0.25, 0.3) is 0 Å². The van der Waals surface area contributed by atoms with E-state index in [0.29, 0.717) is 0 Å². The van der Waals surface area contributed by atoms with E-state index in [9.17, 15) is 31.5 Å². The van der Waals surface area contributed by atoms with Crippen LogP contribution in [-0.2, 0) is 4.79 Å². The van der Waals surface area contributed by atoms with Gasteiger partial charge in [0.05, 0.1) is 6.42 Å². The number of halogens is 5. The zero-order chi connectivity index (χ0) is 16.2. The molecule has 1 atom stereocenters. The number of rotatable bonds is 5. The molecule has 1 rings (SSSR count). The normalized spacial score (nSPS) is 13.0. The molecule has 0 saturated heterocycles. The monoisotopic (exact) mass is 311 g/mol. The highest BCUT2D eigenvalue weighted by molar-refractivity contribution is 5.96. The van der Waals surface area contributed by atoms with E-state index < -0.39 is 42.5 Å². The van der Waals surface area contributed by atoms with Crippen LogP contribution in [0.2, 0.25) is 0 Å². The smallest absolute Gasteiger partial charge is 0.391 e. The molecule has 2 N–H and O–H groups in total. The van der Waals surface area contributed by atoms with E-state index >= 15 is 0 Å². The highest BCUT2D eigenvalue weighted by Gasteiger charge is 2.36. The number of benzene rings is 1. The summed E-state index contributed by atoms with van der Waals surface area (Å²) in [5, 5.41) is 10.3. The molecule has 1 unspecified atom stereocenters. The average molecular weight is 311 g/mol. The number of nitrogens with one attached hydrogen (secondary N) is 1. The fourth-order valence-corrected chi connectivity index (χ4v) is 1.49. The van der Waals surface area contributed by atoms with Crippen molar-refractivity contribution in [3.8, 4) is 0 Å². The van der Waals surface area contributed by atoms with E-state index in [1.54, 1.807) is 5.32 Å². The molecule has 0 heterocycles. The van der Waals surface area contributed by atoms with Gasteiger partial charge in [0, 0.05) is 11.1 Å². The first-order valence-electron chi connectivity index (χ1n) is 5.58. The number of carbonyl (C=O) groups excluding carboxylic acids is 1. The van der Waals surface area contributed by atoms with Crippen LogP contribution in [0.3, 0.4) is 0 Å². The number of hydrogen-bond donors (Lipinski definition) is 2. The maximum atomic E-state index is 12.4. The zero-order valence-corrected chi connectivity index (χ0v) is 10.3. The Morgan fingerprint density at radius 2 is 1.86 bits per heavy atom. The first kappa shape index (κ1) is 16.9. The van der Waals surface area contributed by atoms with Crippen LogP contribution in [0.15, 0.2) is 24.3 Å². The summed E-state index contributed by atoms with van der Waals surface area (Å²) in [7, 11) is 0. The molecule has 21 heavy (non-hydrogen) atoms. The molecule has 0 aromatic heterocycles. The van der Waals surface area contributed by atoms with Crippen molar-refractivity contribution in [2.45, 2.75) is 25.1 Å². The minimum atomic E-state index is -4.79. The van der Waals surface area contributed by atoms with Crippen molar-refractivity contribution in [2.24, 2.45) is 0 Å². The van der Waals surface area contributed by atoms with Gasteiger partial charge in [-0.15, -0.1) is 0 Å². The van der Waals surface area contributed by atoms with Crippen molar-refractivity contribution in [1.82, 2.24) is 5.32 Å². The van der Waals surface area contributed by atoms with Gasteiger partial charge >= 0.3 is 12.1 Å². The third-order valence-corrected chi connectivity index (χ3v) is 2.44. The fraction of sp³-hybridized carbons (Fsp3) is 0.333. The van der Waals surface area contributed by atoms with Gasteiger partial charge in [-0.3, -0.25) is 4.79 Å². The second kappa shape index (κ2) is 6.51. The number of carboxylic acid groups (broad SMARTS) is 1. The lowest BCUT2D eigenvalue weighted by Crippen LogP contribution is -2.43. The molecule has 0 aliphatic carbocycles. The highest BCUT2D eigenvalue weighted by Crippen LogP contribution is 2.22. The predicted molar refractivity (Wildman–Crippen MR) is 61.0 cm³/mol. The lowest BCUT2D eigenvalue weighted by molar-refractivity contribution is -0.157. The van der Waals surface area contributed by atoms with Crippen molar-refractivity contribution >= 4 is 11.9 Å². The molecule has 116 valence electrons. The number of alkyl halides is 5. The summed E-state index contributed by atoms with van der Waals surface area (Å²) in [6.07, 6.45) is -9.41. The van der Waals surface area contributed by atoms with E-state index in [1.807, 2.05) is 0 Å². The predicted octanol–water partition coefficient (Wildman–Crippen LogP) is 2.76. The summed E-state index contributed by atoms with van der Waals surface area (Å²) < 4.78 is 61.4. The Bertz CT molecular complexity index is 530. The topological polar surface area (TPSA) is 66.4 Å². The Labute approximate surface area is 115 Å². The number of carboxylic acids is 1. The van der Waals surface area contributed by atoms with Crippen molar-refractivity contribution < 1.29 is 36.6 Å². The van der Waals surface area contributed by atoms with Crippen molar-refractivity contribution in [2.75, 3.05) is 0 Å².